The Morgan fingerprint density at radius 2 is 1.81 bits per heavy atom. The molecule has 0 aromatic heterocycles. The fourth-order valence-corrected chi connectivity index (χ4v) is 3.90. The van der Waals surface area contributed by atoms with Crippen molar-refractivity contribution in [1.82, 2.24) is 0 Å². The Labute approximate surface area is 203 Å². The molecule has 32 heavy (non-hydrogen) atoms. The number of nitrogens with zero attached hydrogens (tertiary/aromatic N) is 1. The van der Waals surface area contributed by atoms with E-state index in [1.807, 2.05) is 36.4 Å². The number of ether oxygens (including phenoxy) is 2. The zero-order chi connectivity index (χ0) is 23.1. The Morgan fingerprint density at radius 3 is 2.47 bits per heavy atom. The molecule has 0 radical (unpaired) electrons. The SMILES string of the molecule is C=CCc1cc(C=C(C#N)c2ccccc2Cl)cc(OC)c1OCc1ccc(Cl)cc1Cl. The number of halogens is 3. The van der Waals surface area contributed by atoms with Crippen molar-refractivity contribution in [2.24, 2.45) is 0 Å². The molecule has 0 aliphatic carbocycles. The van der Waals surface area contributed by atoms with Gasteiger partial charge in [0, 0.05) is 31.8 Å². The molecule has 0 N–H and O–H groups in total. The summed E-state index contributed by atoms with van der Waals surface area (Å²) in [5.41, 5.74) is 3.57. The van der Waals surface area contributed by atoms with Crippen molar-refractivity contribution in [3.63, 3.8) is 0 Å². The highest BCUT2D eigenvalue weighted by molar-refractivity contribution is 6.35. The minimum Gasteiger partial charge on any atom is -0.493 e. The zero-order valence-corrected chi connectivity index (χ0v) is 19.6. The minimum absolute atomic E-state index is 0.245. The lowest BCUT2D eigenvalue weighted by Crippen LogP contribution is -2.02. The molecule has 3 rings (SSSR count). The van der Waals surface area contributed by atoms with Gasteiger partial charge in [0.15, 0.2) is 11.5 Å². The van der Waals surface area contributed by atoms with Crippen molar-refractivity contribution < 1.29 is 9.47 Å². The lowest BCUT2D eigenvalue weighted by Gasteiger charge is -2.16. The van der Waals surface area contributed by atoms with E-state index in [0.717, 1.165) is 16.7 Å². The highest BCUT2D eigenvalue weighted by Crippen LogP contribution is 2.36. The first kappa shape index (κ1) is 23.8. The monoisotopic (exact) mass is 483 g/mol. The van der Waals surface area contributed by atoms with Crippen molar-refractivity contribution in [3.05, 3.63) is 105 Å². The van der Waals surface area contributed by atoms with E-state index in [4.69, 9.17) is 44.3 Å². The first-order valence-corrected chi connectivity index (χ1v) is 10.9. The van der Waals surface area contributed by atoms with Crippen LogP contribution in [0.4, 0.5) is 0 Å². The lowest BCUT2D eigenvalue weighted by atomic mass is 10.0. The van der Waals surface area contributed by atoms with Gasteiger partial charge >= 0.3 is 0 Å². The van der Waals surface area contributed by atoms with Gasteiger partial charge in [-0.1, -0.05) is 65.1 Å². The van der Waals surface area contributed by atoms with E-state index < -0.39 is 0 Å². The quantitative estimate of drug-likeness (QED) is 0.185. The van der Waals surface area contributed by atoms with Gasteiger partial charge in [0.25, 0.3) is 0 Å². The van der Waals surface area contributed by atoms with Crippen molar-refractivity contribution >= 4 is 46.5 Å². The molecule has 0 amide bonds. The van der Waals surface area contributed by atoms with E-state index in [0.29, 0.717) is 44.1 Å². The highest BCUT2D eigenvalue weighted by Gasteiger charge is 2.15. The van der Waals surface area contributed by atoms with Gasteiger partial charge in [0.2, 0.25) is 0 Å². The fraction of sp³-hybridized carbons (Fsp3) is 0.115. The average molecular weight is 485 g/mol. The van der Waals surface area contributed by atoms with Crippen LogP contribution in [-0.2, 0) is 13.0 Å². The summed E-state index contributed by atoms with van der Waals surface area (Å²) in [7, 11) is 1.57. The predicted octanol–water partition coefficient (Wildman–Crippen LogP) is 8.03. The van der Waals surface area contributed by atoms with Gasteiger partial charge in [-0.2, -0.15) is 5.26 Å². The van der Waals surface area contributed by atoms with Crippen LogP contribution in [0, 0.1) is 11.3 Å². The number of hydrogen-bond donors (Lipinski definition) is 0. The molecule has 3 nitrogen and oxygen atoms in total. The van der Waals surface area contributed by atoms with Crippen LogP contribution in [0.15, 0.2) is 67.3 Å². The molecular formula is C26H20Cl3NO2. The second kappa shape index (κ2) is 11.1. The Hall–Kier alpha value is -2.90. The van der Waals surface area contributed by atoms with Gasteiger partial charge < -0.3 is 9.47 Å². The third-order valence-corrected chi connectivity index (χ3v) is 5.64. The molecule has 3 aromatic carbocycles. The predicted molar refractivity (Wildman–Crippen MR) is 133 cm³/mol. The van der Waals surface area contributed by atoms with Crippen molar-refractivity contribution in [1.29, 1.82) is 5.26 Å². The van der Waals surface area contributed by atoms with Crippen LogP contribution < -0.4 is 9.47 Å². The van der Waals surface area contributed by atoms with Crippen molar-refractivity contribution in [2.75, 3.05) is 7.11 Å². The average Bonchev–Trinajstić information content (AvgIpc) is 2.78. The summed E-state index contributed by atoms with van der Waals surface area (Å²) in [6.07, 6.45) is 4.11. The molecule has 0 atom stereocenters. The standard InChI is InChI=1S/C26H20Cl3NO2/c1-3-6-18-11-17(12-20(15-30)22-7-4-5-8-23(22)28)13-25(31-2)26(18)32-16-19-9-10-21(27)14-24(19)29/h3-5,7-14H,1,6,16H2,2H3. The normalized spacial score (nSPS) is 11.0. The minimum atomic E-state index is 0.245. The summed E-state index contributed by atoms with van der Waals surface area (Å²) in [4.78, 5) is 0. The number of nitriles is 1. The van der Waals surface area contributed by atoms with Crippen LogP contribution in [0.1, 0.15) is 22.3 Å². The van der Waals surface area contributed by atoms with Crippen LogP contribution in [-0.4, -0.2) is 7.11 Å². The second-order valence-corrected chi connectivity index (χ2v) is 8.13. The van der Waals surface area contributed by atoms with Crippen molar-refractivity contribution in [2.45, 2.75) is 13.0 Å². The summed E-state index contributed by atoms with van der Waals surface area (Å²) in [5, 5.41) is 11.3. The van der Waals surface area contributed by atoms with Gasteiger partial charge in [-0.05, 0) is 48.4 Å². The number of allylic oxidation sites excluding steroid dienone is 2. The van der Waals surface area contributed by atoms with Crippen LogP contribution in [0.5, 0.6) is 11.5 Å². The van der Waals surface area contributed by atoms with Crippen molar-refractivity contribution in [3.8, 4) is 17.6 Å². The van der Waals surface area contributed by atoms with Crippen LogP contribution >= 0.6 is 34.8 Å². The Morgan fingerprint density at radius 1 is 1.03 bits per heavy atom. The molecular weight excluding hydrogens is 465 g/mol. The Balaban J connectivity index is 2.00. The van der Waals surface area contributed by atoms with E-state index in [-0.39, 0.29) is 6.61 Å². The van der Waals surface area contributed by atoms with Crippen LogP contribution in [0.2, 0.25) is 15.1 Å². The summed E-state index contributed by atoms with van der Waals surface area (Å²) in [5.74, 6) is 1.13. The number of rotatable bonds is 8. The highest BCUT2D eigenvalue weighted by atomic mass is 35.5. The summed E-state index contributed by atoms with van der Waals surface area (Å²) in [6.45, 7) is 4.09. The smallest absolute Gasteiger partial charge is 0.165 e. The van der Waals surface area contributed by atoms with E-state index in [9.17, 15) is 5.26 Å². The number of hydrogen-bond acceptors (Lipinski definition) is 3. The molecule has 0 spiro atoms. The first-order chi connectivity index (χ1) is 15.5. The summed E-state index contributed by atoms with van der Waals surface area (Å²) >= 11 is 18.5. The third kappa shape index (κ3) is 5.66. The van der Waals surface area contributed by atoms with E-state index in [1.54, 1.807) is 37.5 Å². The topological polar surface area (TPSA) is 42.2 Å². The molecule has 162 valence electrons. The molecule has 3 aromatic rings. The lowest BCUT2D eigenvalue weighted by molar-refractivity contribution is 0.282. The van der Waals surface area contributed by atoms with E-state index >= 15 is 0 Å². The van der Waals surface area contributed by atoms with Gasteiger partial charge in [0.05, 0.1) is 18.8 Å². The second-order valence-electron chi connectivity index (χ2n) is 6.88. The summed E-state index contributed by atoms with van der Waals surface area (Å²) < 4.78 is 11.7. The maximum Gasteiger partial charge on any atom is 0.165 e. The molecule has 0 unspecified atom stereocenters. The molecule has 0 heterocycles. The summed E-state index contributed by atoms with van der Waals surface area (Å²) in [6, 6.07) is 18.5. The molecule has 0 saturated heterocycles. The van der Waals surface area contributed by atoms with Gasteiger partial charge in [-0.15, -0.1) is 6.58 Å². The van der Waals surface area contributed by atoms with Gasteiger partial charge in [-0.25, -0.2) is 0 Å². The first-order valence-electron chi connectivity index (χ1n) is 9.72. The van der Waals surface area contributed by atoms with E-state index in [1.165, 1.54) is 0 Å². The molecule has 6 heteroatoms. The zero-order valence-electron chi connectivity index (χ0n) is 17.4. The Bertz CT molecular complexity index is 1210. The fourth-order valence-electron chi connectivity index (χ4n) is 3.19. The molecule has 0 saturated carbocycles. The number of methoxy groups -OCH3 is 1. The van der Waals surface area contributed by atoms with Gasteiger partial charge in [-0.3, -0.25) is 0 Å². The largest absolute Gasteiger partial charge is 0.493 e. The van der Waals surface area contributed by atoms with Gasteiger partial charge in [0.1, 0.15) is 6.61 Å². The maximum atomic E-state index is 9.70. The molecule has 0 bridgehead atoms. The molecule has 0 aliphatic rings. The Kier molecular flexibility index (Phi) is 8.25. The van der Waals surface area contributed by atoms with Crippen LogP contribution in [0.3, 0.4) is 0 Å². The van der Waals surface area contributed by atoms with E-state index in [2.05, 4.69) is 12.6 Å². The number of benzene rings is 3. The molecule has 0 fully saturated rings. The maximum absolute atomic E-state index is 9.70. The van der Waals surface area contributed by atoms with Crippen LogP contribution in [0.25, 0.3) is 11.6 Å². The third-order valence-electron chi connectivity index (χ3n) is 4.72. The molecule has 0 aliphatic heterocycles.